The summed E-state index contributed by atoms with van der Waals surface area (Å²) in [5, 5.41) is 0. The summed E-state index contributed by atoms with van der Waals surface area (Å²) in [7, 11) is 0. The second kappa shape index (κ2) is 3.74. The highest BCUT2D eigenvalue weighted by Crippen LogP contribution is 2.20. The third-order valence-corrected chi connectivity index (χ3v) is 2.19. The molecule has 2 atom stereocenters. The highest BCUT2D eigenvalue weighted by atomic mass is 16.5. The number of hydrogen-bond donors (Lipinski definition) is 0. The third kappa shape index (κ3) is 2.91. The van der Waals surface area contributed by atoms with Crippen molar-refractivity contribution in [3.63, 3.8) is 0 Å². The molecule has 0 amide bonds. The number of carbonyl (C=O) groups is 1. The first-order valence-corrected chi connectivity index (χ1v) is 4.34. The van der Waals surface area contributed by atoms with Crippen molar-refractivity contribution in [2.75, 3.05) is 6.61 Å². The molecule has 0 aliphatic carbocycles. The lowest BCUT2D eigenvalue weighted by atomic mass is 9.92. The number of cyclic esters (lactones) is 1. The van der Waals surface area contributed by atoms with E-state index < -0.39 is 0 Å². The molecule has 1 fully saturated rings. The van der Waals surface area contributed by atoms with Crippen LogP contribution in [0.15, 0.2) is 0 Å². The van der Waals surface area contributed by atoms with Crippen LogP contribution in [0.1, 0.15) is 33.1 Å². The summed E-state index contributed by atoms with van der Waals surface area (Å²) in [5.74, 6) is 1.18. The lowest BCUT2D eigenvalue weighted by Gasteiger charge is -2.20. The fraction of sp³-hybridized carbons (Fsp3) is 0.889. The number of ether oxygens (including phenoxy) is 1. The predicted octanol–water partition coefficient (Wildman–Crippen LogP) is 1.99. The molecule has 1 saturated heterocycles. The molecular formula is C9H16O2. The fourth-order valence-corrected chi connectivity index (χ4v) is 1.61. The van der Waals surface area contributed by atoms with E-state index in [-0.39, 0.29) is 5.97 Å². The summed E-state index contributed by atoms with van der Waals surface area (Å²) in [6.07, 6.45) is 2.79. The van der Waals surface area contributed by atoms with Gasteiger partial charge in [-0.2, -0.15) is 0 Å². The lowest BCUT2D eigenvalue weighted by molar-refractivity contribution is -0.146. The maximum absolute atomic E-state index is 10.9. The van der Waals surface area contributed by atoms with Crippen LogP contribution < -0.4 is 0 Å². The average Bonchev–Trinajstić information content (AvgIpc) is 1.83. The molecule has 1 rings (SSSR count). The van der Waals surface area contributed by atoms with Gasteiger partial charge in [-0.25, -0.2) is 0 Å². The molecule has 2 nitrogen and oxygen atoms in total. The third-order valence-electron chi connectivity index (χ3n) is 2.19. The molecule has 2 heteroatoms. The van der Waals surface area contributed by atoms with Crippen LogP contribution in [0.3, 0.4) is 0 Å². The van der Waals surface area contributed by atoms with Crippen molar-refractivity contribution in [2.24, 2.45) is 11.8 Å². The average molecular weight is 156 g/mol. The van der Waals surface area contributed by atoms with E-state index in [1.165, 1.54) is 0 Å². The van der Waals surface area contributed by atoms with Gasteiger partial charge in [0.15, 0.2) is 0 Å². The monoisotopic (exact) mass is 156 g/mol. The first kappa shape index (κ1) is 8.57. The zero-order chi connectivity index (χ0) is 8.27. The van der Waals surface area contributed by atoms with Crippen molar-refractivity contribution in [1.82, 2.24) is 0 Å². The van der Waals surface area contributed by atoms with Gasteiger partial charge in [-0.3, -0.25) is 4.79 Å². The Bertz CT molecular complexity index is 142. The van der Waals surface area contributed by atoms with E-state index in [1.54, 1.807) is 0 Å². The molecule has 0 radical (unpaired) electrons. The summed E-state index contributed by atoms with van der Waals surface area (Å²) >= 11 is 0. The molecule has 1 aliphatic rings. The van der Waals surface area contributed by atoms with Crippen LogP contribution in [0, 0.1) is 11.8 Å². The van der Waals surface area contributed by atoms with Crippen LogP contribution in [0.25, 0.3) is 0 Å². The normalized spacial score (nSPS) is 33.8. The maximum Gasteiger partial charge on any atom is 0.306 e. The van der Waals surface area contributed by atoms with E-state index in [9.17, 15) is 4.79 Å². The quantitative estimate of drug-likeness (QED) is 0.501. The second-order valence-corrected chi connectivity index (χ2v) is 3.66. The summed E-state index contributed by atoms with van der Waals surface area (Å²) in [5.41, 5.74) is 0. The standard InChI is InChI=1S/C9H16O2/c1-7-3-4-11-9(10)6-8(2)5-7/h7-8H,3-6H2,1-2H3/t7-,8-/m0/s1. The zero-order valence-electron chi connectivity index (χ0n) is 7.30. The molecule has 11 heavy (non-hydrogen) atoms. The molecule has 1 heterocycles. The minimum Gasteiger partial charge on any atom is -0.466 e. The second-order valence-electron chi connectivity index (χ2n) is 3.66. The molecule has 0 spiro atoms. The molecular weight excluding hydrogens is 140 g/mol. The van der Waals surface area contributed by atoms with Crippen LogP contribution in [-0.4, -0.2) is 12.6 Å². The smallest absolute Gasteiger partial charge is 0.306 e. The zero-order valence-corrected chi connectivity index (χ0v) is 7.30. The number of rotatable bonds is 0. The van der Waals surface area contributed by atoms with Crippen molar-refractivity contribution in [3.8, 4) is 0 Å². The summed E-state index contributed by atoms with van der Waals surface area (Å²) in [4.78, 5) is 10.9. The van der Waals surface area contributed by atoms with Gasteiger partial charge in [0, 0.05) is 6.42 Å². The predicted molar refractivity (Wildman–Crippen MR) is 43.1 cm³/mol. The van der Waals surface area contributed by atoms with Crippen molar-refractivity contribution in [2.45, 2.75) is 33.1 Å². The van der Waals surface area contributed by atoms with Crippen LogP contribution in [-0.2, 0) is 9.53 Å². The van der Waals surface area contributed by atoms with Crippen molar-refractivity contribution in [1.29, 1.82) is 0 Å². The molecule has 0 bridgehead atoms. The van der Waals surface area contributed by atoms with Crippen LogP contribution in [0.5, 0.6) is 0 Å². The van der Waals surface area contributed by atoms with E-state index in [4.69, 9.17) is 4.74 Å². The molecule has 0 unspecified atom stereocenters. The molecule has 0 aromatic rings. The Hall–Kier alpha value is -0.530. The summed E-state index contributed by atoms with van der Waals surface area (Å²) in [6, 6.07) is 0. The Balaban J connectivity index is 2.40. The molecule has 1 aliphatic heterocycles. The Kier molecular flexibility index (Phi) is 2.92. The van der Waals surface area contributed by atoms with Crippen LogP contribution >= 0.6 is 0 Å². The first-order valence-electron chi connectivity index (χ1n) is 4.34. The minimum absolute atomic E-state index is 0.0237. The molecule has 0 saturated carbocycles. The van der Waals surface area contributed by atoms with Crippen molar-refractivity contribution < 1.29 is 9.53 Å². The topological polar surface area (TPSA) is 26.3 Å². The Morgan fingerprint density at radius 1 is 1.36 bits per heavy atom. The summed E-state index contributed by atoms with van der Waals surface area (Å²) in [6.45, 7) is 4.95. The molecule has 0 N–H and O–H groups in total. The van der Waals surface area contributed by atoms with Crippen molar-refractivity contribution in [3.05, 3.63) is 0 Å². The van der Waals surface area contributed by atoms with Gasteiger partial charge in [0.1, 0.15) is 0 Å². The van der Waals surface area contributed by atoms with Crippen molar-refractivity contribution >= 4 is 5.97 Å². The van der Waals surface area contributed by atoms with E-state index in [1.807, 2.05) is 0 Å². The fourth-order valence-electron chi connectivity index (χ4n) is 1.61. The number of esters is 1. The summed E-state index contributed by atoms with van der Waals surface area (Å²) < 4.78 is 4.98. The van der Waals surface area contributed by atoms with Gasteiger partial charge in [-0.1, -0.05) is 13.8 Å². The van der Waals surface area contributed by atoms with E-state index >= 15 is 0 Å². The van der Waals surface area contributed by atoms with E-state index in [2.05, 4.69) is 13.8 Å². The number of carbonyl (C=O) groups excluding carboxylic acids is 1. The molecule has 0 aromatic heterocycles. The van der Waals surface area contributed by atoms with E-state index in [0.717, 1.165) is 12.8 Å². The van der Waals surface area contributed by atoms with Crippen LogP contribution in [0.4, 0.5) is 0 Å². The Labute approximate surface area is 67.9 Å². The van der Waals surface area contributed by atoms with Gasteiger partial charge >= 0.3 is 5.97 Å². The SMILES string of the molecule is C[C@@H]1CC(=O)OCC[C@H](C)C1. The number of hydrogen-bond acceptors (Lipinski definition) is 2. The highest BCUT2D eigenvalue weighted by molar-refractivity contribution is 5.69. The van der Waals surface area contributed by atoms with Gasteiger partial charge in [0.05, 0.1) is 6.61 Å². The Morgan fingerprint density at radius 3 is 2.82 bits per heavy atom. The largest absolute Gasteiger partial charge is 0.466 e. The van der Waals surface area contributed by atoms with Gasteiger partial charge in [0.25, 0.3) is 0 Å². The highest BCUT2D eigenvalue weighted by Gasteiger charge is 2.17. The lowest BCUT2D eigenvalue weighted by Crippen LogP contribution is -2.17. The van der Waals surface area contributed by atoms with E-state index in [0.29, 0.717) is 24.9 Å². The van der Waals surface area contributed by atoms with Crippen LogP contribution in [0.2, 0.25) is 0 Å². The van der Waals surface area contributed by atoms with Gasteiger partial charge in [-0.05, 0) is 24.7 Å². The molecule has 0 aromatic carbocycles. The maximum atomic E-state index is 10.9. The minimum atomic E-state index is -0.0237. The van der Waals surface area contributed by atoms with Gasteiger partial charge < -0.3 is 4.74 Å². The molecule has 64 valence electrons. The van der Waals surface area contributed by atoms with Gasteiger partial charge in [0.2, 0.25) is 0 Å². The Morgan fingerprint density at radius 2 is 2.09 bits per heavy atom. The van der Waals surface area contributed by atoms with Gasteiger partial charge in [-0.15, -0.1) is 0 Å². The first-order chi connectivity index (χ1) is 5.18.